The molecule has 2 N–H and O–H groups in total. The first-order valence-corrected chi connectivity index (χ1v) is 9.01. The first kappa shape index (κ1) is 19.5. The van der Waals surface area contributed by atoms with Gasteiger partial charge >= 0.3 is 0 Å². The van der Waals surface area contributed by atoms with Crippen LogP contribution >= 0.6 is 11.6 Å². The predicted octanol–water partition coefficient (Wildman–Crippen LogP) is 5.33. The number of aryl methyl sites for hydroxylation is 1. The number of carbonyl (C=O) groups is 2. The number of rotatable bonds is 6. The highest BCUT2D eigenvalue weighted by atomic mass is 35.5. The molecule has 142 valence electrons. The van der Waals surface area contributed by atoms with Crippen molar-refractivity contribution >= 4 is 46.3 Å². The van der Waals surface area contributed by atoms with Gasteiger partial charge in [0.1, 0.15) is 5.02 Å². The van der Waals surface area contributed by atoms with E-state index in [0.29, 0.717) is 33.6 Å². The third-order valence-electron chi connectivity index (χ3n) is 4.12. The van der Waals surface area contributed by atoms with Crippen molar-refractivity contribution in [2.45, 2.75) is 20.8 Å². The van der Waals surface area contributed by atoms with E-state index in [-0.39, 0.29) is 11.6 Å². The van der Waals surface area contributed by atoms with Gasteiger partial charge in [0.05, 0.1) is 5.69 Å². The van der Waals surface area contributed by atoms with Crippen LogP contribution in [-0.4, -0.2) is 21.5 Å². The number of nitrogens with one attached hydrogen (secondary N) is 2. The molecule has 0 fully saturated rings. The Kier molecular flexibility index (Phi) is 5.70. The van der Waals surface area contributed by atoms with E-state index in [1.54, 1.807) is 55.5 Å². The molecule has 0 aliphatic heterocycles. The summed E-state index contributed by atoms with van der Waals surface area (Å²) < 4.78 is 0. The third kappa shape index (κ3) is 4.53. The zero-order valence-electron chi connectivity index (χ0n) is 15.7. The molecule has 0 saturated carbocycles. The average molecular weight is 395 g/mol. The van der Waals surface area contributed by atoms with Gasteiger partial charge in [0.15, 0.2) is 17.4 Å². The second-order valence-electron chi connectivity index (χ2n) is 6.31. The first-order chi connectivity index (χ1) is 13.3. The molecule has 0 bridgehead atoms. The van der Waals surface area contributed by atoms with Crippen LogP contribution < -0.4 is 10.6 Å². The molecule has 1 heterocycles. The van der Waals surface area contributed by atoms with Crippen molar-refractivity contribution < 1.29 is 9.59 Å². The molecule has 6 nitrogen and oxygen atoms in total. The minimum atomic E-state index is 0.00439. The molecule has 7 heteroatoms. The molecule has 0 radical (unpaired) electrons. The number of Topliss-reactive ketones (excluding diaryl/α,β-unsaturated/α-hetero) is 2. The topological polar surface area (TPSA) is 84.0 Å². The molecule has 0 aliphatic carbocycles. The fourth-order valence-corrected chi connectivity index (χ4v) is 2.67. The predicted molar refractivity (Wildman–Crippen MR) is 111 cm³/mol. The van der Waals surface area contributed by atoms with E-state index in [0.717, 1.165) is 11.4 Å². The minimum Gasteiger partial charge on any atom is -0.339 e. The number of hydrogen-bond donors (Lipinski definition) is 2. The molecule has 3 rings (SSSR count). The number of nitrogens with zero attached hydrogens (tertiary/aromatic N) is 2. The lowest BCUT2D eigenvalue weighted by molar-refractivity contribution is 0.100. The van der Waals surface area contributed by atoms with Gasteiger partial charge in [-0.1, -0.05) is 11.6 Å². The molecule has 28 heavy (non-hydrogen) atoms. The van der Waals surface area contributed by atoms with Crippen molar-refractivity contribution in [3.8, 4) is 0 Å². The van der Waals surface area contributed by atoms with Crippen LogP contribution in [0, 0.1) is 6.92 Å². The summed E-state index contributed by atoms with van der Waals surface area (Å²) in [5.74, 6) is 0.838. The second kappa shape index (κ2) is 8.19. The number of ketones is 2. The van der Waals surface area contributed by atoms with Crippen molar-refractivity contribution in [2.75, 3.05) is 10.6 Å². The molecule has 0 amide bonds. The van der Waals surface area contributed by atoms with E-state index in [4.69, 9.17) is 11.6 Å². The molecule has 0 aliphatic rings. The molecule has 0 unspecified atom stereocenters. The summed E-state index contributed by atoms with van der Waals surface area (Å²) in [6.07, 6.45) is 0. The number of benzene rings is 2. The van der Waals surface area contributed by atoms with Crippen LogP contribution in [0.25, 0.3) is 0 Å². The van der Waals surface area contributed by atoms with Gasteiger partial charge in [-0.2, -0.15) is 4.98 Å². The van der Waals surface area contributed by atoms with Gasteiger partial charge in [0.25, 0.3) is 0 Å². The summed E-state index contributed by atoms with van der Waals surface area (Å²) in [5, 5.41) is 6.67. The zero-order valence-corrected chi connectivity index (χ0v) is 16.5. The maximum absolute atomic E-state index is 11.4. The van der Waals surface area contributed by atoms with Gasteiger partial charge in [-0.25, -0.2) is 4.98 Å². The van der Waals surface area contributed by atoms with E-state index in [2.05, 4.69) is 20.6 Å². The van der Waals surface area contributed by atoms with Gasteiger partial charge < -0.3 is 10.6 Å². The summed E-state index contributed by atoms with van der Waals surface area (Å²) in [4.78, 5) is 31.6. The molecule has 1 aromatic heterocycles. The molecular formula is C21H19ClN4O2. The number of aromatic nitrogens is 2. The summed E-state index contributed by atoms with van der Waals surface area (Å²) >= 11 is 6.35. The molecule has 0 saturated heterocycles. The van der Waals surface area contributed by atoms with Crippen LogP contribution in [0.1, 0.15) is 40.3 Å². The maximum Gasteiger partial charge on any atom is 0.229 e. The molecular weight excluding hydrogens is 376 g/mol. The van der Waals surface area contributed by atoms with Gasteiger partial charge in [-0.05, 0) is 69.3 Å². The fourth-order valence-electron chi connectivity index (χ4n) is 2.54. The van der Waals surface area contributed by atoms with E-state index in [9.17, 15) is 9.59 Å². The van der Waals surface area contributed by atoms with E-state index >= 15 is 0 Å². The SMILES string of the molecule is CC(=O)c1ccc(Nc2nc(C)c(Cl)c(Nc3ccc(C(C)=O)cc3)n2)cc1. The summed E-state index contributed by atoms with van der Waals surface area (Å²) in [5.41, 5.74) is 3.38. The minimum absolute atomic E-state index is 0.00439. The number of anilines is 4. The molecule has 0 atom stereocenters. The number of halogens is 1. The number of hydrogen-bond acceptors (Lipinski definition) is 6. The average Bonchev–Trinajstić information content (AvgIpc) is 2.66. The Morgan fingerprint density at radius 2 is 1.25 bits per heavy atom. The highest BCUT2D eigenvalue weighted by Gasteiger charge is 2.11. The largest absolute Gasteiger partial charge is 0.339 e. The van der Waals surface area contributed by atoms with Crippen LogP contribution in [-0.2, 0) is 0 Å². The fraction of sp³-hybridized carbons (Fsp3) is 0.143. The first-order valence-electron chi connectivity index (χ1n) is 8.63. The van der Waals surface area contributed by atoms with Gasteiger partial charge in [0, 0.05) is 22.5 Å². The Hall–Kier alpha value is -3.25. The Labute approximate surface area is 168 Å². The van der Waals surface area contributed by atoms with E-state index in [1.165, 1.54) is 13.8 Å². The summed E-state index contributed by atoms with van der Waals surface area (Å²) in [6, 6.07) is 14.1. The van der Waals surface area contributed by atoms with Crippen LogP contribution in [0.5, 0.6) is 0 Å². The lowest BCUT2D eigenvalue weighted by Gasteiger charge is -2.12. The Balaban J connectivity index is 1.83. The van der Waals surface area contributed by atoms with E-state index < -0.39 is 0 Å². The second-order valence-corrected chi connectivity index (χ2v) is 6.69. The van der Waals surface area contributed by atoms with Crippen molar-refractivity contribution in [3.05, 3.63) is 70.4 Å². The zero-order chi connectivity index (χ0) is 20.3. The number of carbonyl (C=O) groups excluding carboxylic acids is 2. The van der Waals surface area contributed by atoms with Crippen molar-refractivity contribution in [3.63, 3.8) is 0 Å². The Morgan fingerprint density at radius 3 is 1.71 bits per heavy atom. The van der Waals surface area contributed by atoms with Crippen LogP contribution in [0.4, 0.5) is 23.1 Å². The summed E-state index contributed by atoms with van der Waals surface area (Å²) in [7, 11) is 0. The standard InChI is InChI=1S/C21H19ClN4O2/c1-12-19(22)20(24-17-8-4-15(5-9-17)13(2)27)26-21(23-12)25-18-10-6-16(7-11-18)14(3)28/h4-11H,1-3H3,(H2,23,24,25,26). The molecule has 2 aromatic carbocycles. The molecule has 3 aromatic rings. The van der Waals surface area contributed by atoms with Crippen molar-refractivity contribution in [1.82, 2.24) is 9.97 Å². The van der Waals surface area contributed by atoms with Gasteiger partial charge in [-0.3, -0.25) is 9.59 Å². The quantitative estimate of drug-likeness (QED) is 0.549. The van der Waals surface area contributed by atoms with Crippen LogP contribution in [0.2, 0.25) is 5.02 Å². The molecule has 0 spiro atoms. The van der Waals surface area contributed by atoms with Crippen LogP contribution in [0.3, 0.4) is 0 Å². The lowest BCUT2D eigenvalue weighted by atomic mass is 10.1. The normalized spacial score (nSPS) is 10.4. The highest BCUT2D eigenvalue weighted by Crippen LogP contribution is 2.28. The Morgan fingerprint density at radius 1 is 0.786 bits per heavy atom. The van der Waals surface area contributed by atoms with Gasteiger partial charge in [-0.15, -0.1) is 0 Å². The van der Waals surface area contributed by atoms with Crippen molar-refractivity contribution in [2.24, 2.45) is 0 Å². The maximum atomic E-state index is 11.4. The third-order valence-corrected chi connectivity index (χ3v) is 4.57. The highest BCUT2D eigenvalue weighted by molar-refractivity contribution is 6.33. The summed E-state index contributed by atoms with van der Waals surface area (Å²) in [6.45, 7) is 4.83. The van der Waals surface area contributed by atoms with Crippen molar-refractivity contribution in [1.29, 1.82) is 0 Å². The van der Waals surface area contributed by atoms with Gasteiger partial charge in [0.2, 0.25) is 5.95 Å². The lowest BCUT2D eigenvalue weighted by Crippen LogP contribution is -2.04. The van der Waals surface area contributed by atoms with E-state index in [1.807, 2.05) is 0 Å². The monoisotopic (exact) mass is 394 g/mol. The Bertz CT molecular complexity index is 1030. The smallest absolute Gasteiger partial charge is 0.229 e. The van der Waals surface area contributed by atoms with Crippen LogP contribution in [0.15, 0.2) is 48.5 Å².